The summed E-state index contributed by atoms with van der Waals surface area (Å²) in [4.78, 5) is 6.91. The van der Waals surface area contributed by atoms with E-state index in [0.29, 0.717) is 11.7 Å². The zero-order valence-corrected chi connectivity index (χ0v) is 21.3. The van der Waals surface area contributed by atoms with Crippen molar-refractivity contribution in [3.8, 4) is 11.4 Å². The smallest absolute Gasteiger partial charge is 0.174 e. The maximum atomic E-state index is 5.90. The third-order valence-electron chi connectivity index (χ3n) is 6.57. The highest BCUT2D eigenvalue weighted by Crippen LogP contribution is 2.44. The molecule has 1 aliphatic heterocycles. The van der Waals surface area contributed by atoms with Crippen LogP contribution in [-0.2, 0) is 0 Å². The zero-order chi connectivity index (χ0) is 24.5. The number of aryl methyl sites for hydroxylation is 2. The summed E-state index contributed by atoms with van der Waals surface area (Å²) >= 11 is 5.90. The van der Waals surface area contributed by atoms with E-state index in [9.17, 15) is 0 Å². The van der Waals surface area contributed by atoms with Crippen LogP contribution in [0.15, 0.2) is 79.0 Å². The lowest BCUT2D eigenvalue weighted by atomic mass is 9.96. The van der Waals surface area contributed by atoms with E-state index in [1.807, 2.05) is 37.4 Å². The molecule has 5 rings (SSSR count). The third-order valence-corrected chi connectivity index (χ3v) is 6.89. The number of ether oxygens (including phenoxy) is 1. The van der Waals surface area contributed by atoms with Gasteiger partial charge in [-0.15, -0.1) is 0 Å². The third kappa shape index (κ3) is 4.30. The van der Waals surface area contributed by atoms with Gasteiger partial charge in [0.15, 0.2) is 5.11 Å². The minimum absolute atomic E-state index is 0.0555. The zero-order valence-electron chi connectivity index (χ0n) is 20.5. The first-order valence-corrected chi connectivity index (χ1v) is 12.4. The molecule has 0 unspecified atom stereocenters. The molecule has 35 heavy (non-hydrogen) atoms. The van der Waals surface area contributed by atoms with Crippen LogP contribution in [0, 0.1) is 20.8 Å². The summed E-state index contributed by atoms with van der Waals surface area (Å²) in [6.07, 6.45) is 1.84. The molecule has 1 fully saturated rings. The molecule has 0 radical (unpaired) electrons. The van der Waals surface area contributed by atoms with Crippen LogP contribution < -0.4 is 15.0 Å². The molecule has 1 aliphatic rings. The van der Waals surface area contributed by atoms with E-state index in [1.54, 1.807) is 0 Å². The van der Waals surface area contributed by atoms with E-state index < -0.39 is 0 Å². The summed E-state index contributed by atoms with van der Waals surface area (Å²) in [7, 11) is 0. The van der Waals surface area contributed by atoms with Crippen molar-refractivity contribution >= 4 is 23.0 Å². The fourth-order valence-corrected chi connectivity index (χ4v) is 5.42. The number of anilines is 1. The largest absolute Gasteiger partial charge is 0.494 e. The molecule has 178 valence electrons. The Balaban J connectivity index is 1.64. The summed E-state index contributed by atoms with van der Waals surface area (Å²) in [5.41, 5.74) is 8.00. The number of nitrogens with zero attached hydrogens (tertiary/aromatic N) is 3. The number of nitrogens with one attached hydrogen (secondary N) is 1. The molecule has 0 spiro atoms. The Hall–Kier alpha value is -3.64. The van der Waals surface area contributed by atoms with Gasteiger partial charge in [0.05, 0.1) is 24.4 Å². The van der Waals surface area contributed by atoms with Crippen LogP contribution in [0.25, 0.3) is 5.69 Å². The maximum absolute atomic E-state index is 5.90. The molecule has 0 aliphatic carbocycles. The quantitative estimate of drug-likeness (QED) is 0.323. The van der Waals surface area contributed by atoms with Crippen molar-refractivity contribution in [1.82, 2.24) is 14.9 Å². The summed E-state index contributed by atoms with van der Waals surface area (Å²) in [6, 6.07) is 25.0. The number of hydrogen-bond donors (Lipinski definition) is 1. The molecule has 0 bridgehead atoms. The Morgan fingerprint density at radius 2 is 1.74 bits per heavy atom. The summed E-state index contributed by atoms with van der Waals surface area (Å²) < 4.78 is 8.00. The van der Waals surface area contributed by atoms with E-state index in [-0.39, 0.29) is 12.1 Å². The van der Waals surface area contributed by atoms with E-state index in [0.717, 1.165) is 17.1 Å². The molecule has 1 N–H and O–H groups in total. The summed E-state index contributed by atoms with van der Waals surface area (Å²) in [6.45, 7) is 9.11. The van der Waals surface area contributed by atoms with Gasteiger partial charge in [-0.2, -0.15) is 0 Å². The predicted octanol–water partition coefficient (Wildman–Crippen LogP) is 6.37. The van der Waals surface area contributed by atoms with Gasteiger partial charge in [-0.05, 0) is 106 Å². The molecule has 2 atom stereocenters. The fourth-order valence-electron chi connectivity index (χ4n) is 5.07. The van der Waals surface area contributed by atoms with Gasteiger partial charge >= 0.3 is 0 Å². The van der Waals surface area contributed by atoms with Crippen LogP contribution in [0.3, 0.4) is 0 Å². The van der Waals surface area contributed by atoms with Crippen molar-refractivity contribution in [2.75, 3.05) is 11.5 Å². The standard InChI is InChI=1S/C29H30N4OS/c1-5-34-24-14-12-22(13-15-24)33-28(27(31-29(33)35)26-11-6-7-16-30-26)25-18-20(3)32(21(25)4)23-10-8-9-19(2)17-23/h6-18,27-28H,5H2,1-4H3,(H,31,35)/t27-,28+/m1/s1. The van der Waals surface area contributed by atoms with Gasteiger partial charge in [0.2, 0.25) is 0 Å². The highest BCUT2D eigenvalue weighted by molar-refractivity contribution is 7.80. The molecule has 0 saturated carbocycles. The molecule has 2 aromatic carbocycles. The van der Waals surface area contributed by atoms with Crippen LogP contribution in [-0.4, -0.2) is 21.3 Å². The van der Waals surface area contributed by atoms with E-state index >= 15 is 0 Å². The lowest BCUT2D eigenvalue weighted by Gasteiger charge is -2.28. The van der Waals surface area contributed by atoms with Crippen molar-refractivity contribution < 1.29 is 4.74 Å². The summed E-state index contributed by atoms with van der Waals surface area (Å²) in [5.74, 6) is 0.852. The Morgan fingerprint density at radius 3 is 2.43 bits per heavy atom. The van der Waals surface area contributed by atoms with Crippen LogP contribution in [0.2, 0.25) is 0 Å². The Labute approximate surface area is 212 Å². The summed E-state index contributed by atoms with van der Waals surface area (Å²) in [5, 5.41) is 4.26. The van der Waals surface area contributed by atoms with E-state index in [4.69, 9.17) is 21.9 Å². The molecule has 4 aromatic rings. The van der Waals surface area contributed by atoms with Crippen LogP contribution in [0.4, 0.5) is 5.69 Å². The Morgan fingerprint density at radius 1 is 0.943 bits per heavy atom. The first-order chi connectivity index (χ1) is 17.0. The van der Waals surface area contributed by atoms with Crippen molar-refractivity contribution in [1.29, 1.82) is 0 Å². The highest BCUT2D eigenvalue weighted by Gasteiger charge is 2.42. The molecular formula is C29H30N4OS. The number of benzene rings is 2. The van der Waals surface area contributed by atoms with Gasteiger partial charge in [0.1, 0.15) is 5.75 Å². The molecule has 1 saturated heterocycles. The number of rotatable bonds is 6. The second-order valence-corrected chi connectivity index (χ2v) is 9.31. The van der Waals surface area contributed by atoms with Crippen LogP contribution >= 0.6 is 12.2 Å². The van der Waals surface area contributed by atoms with Crippen molar-refractivity contribution in [3.05, 3.63) is 107 Å². The normalized spacial score (nSPS) is 17.5. The lowest BCUT2D eigenvalue weighted by Crippen LogP contribution is -2.29. The molecule has 0 amide bonds. The predicted molar refractivity (Wildman–Crippen MR) is 146 cm³/mol. The van der Waals surface area contributed by atoms with Gasteiger partial charge in [-0.1, -0.05) is 18.2 Å². The second kappa shape index (κ2) is 9.55. The topological polar surface area (TPSA) is 42.3 Å². The Kier molecular flexibility index (Phi) is 6.31. The minimum atomic E-state index is -0.0817. The molecule has 5 nitrogen and oxygen atoms in total. The SMILES string of the molecule is CCOc1ccc(N2C(=S)N[C@H](c3ccccn3)[C@@H]2c2cc(C)n(-c3cccc(C)c3)c2C)cc1. The molecule has 6 heteroatoms. The van der Waals surface area contributed by atoms with Gasteiger partial charge in [-0.25, -0.2) is 0 Å². The fraction of sp³-hybridized carbons (Fsp3) is 0.241. The van der Waals surface area contributed by atoms with Gasteiger partial charge < -0.3 is 19.5 Å². The molecular weight excluding hydrogens is 452 g/mol. The van der Waals surface area contributed by atoms with Gasteiger partial charge in [0, 0.05) is 29.0 Å². The van der Waals surface area contributed by atoms with Crippen molar-refractivity contribution in [2.45, 2.75) is 39.8 Å². The maximum Gasteiger partial charge on any atom is 0.174 e. The number of pyridine rings is 1. The average molecular weight is 483 g/mol. The number of hydrogen-bond acceptors (Lipinski definition) is 3. The lowest BCUT2D eigenvalue weighted by molar-refractivity contribution is 0.340. The highest BCUT2D eigenvalue weighted by atomic mass is 32.1. The number of aromatic nitrogens is 2. The molecule has 3 heterocycles. The minimum Gasteiger partial charge on any atom is -0.494 e. The van der Waals surface area contributed by atoms with Gasteiger partial charge in [0.25, 0.3) is 0 Å². The van der Waals surface area contributed by atoms with Crippen LogP contribution in [0.5, 0.6) is 5.75 Å². The first-order valence-electron chi connectivity index (χ1n) is 12.0. The second-order valence-electron chi connectivity index (χ2n) is 8.92. The average Bonchev–Trinajstić information content (AvgIpc) is 3.35. The number of thiocarbonyl (C=S) groups is 1. The van der Waals surface area contributed by atoms with Crippen molar-refractivity contribution in [2.24, 2.45) is 0 Å². The van der Waals surface area contributed by atoms with Crippen molar-refractivity contribution in [3.63, 3.8) is 0 Å². The molecule has 2 aromatic heterocycles. The first kappa shape index (κ1) is 23.1. The van der Waals surface area contributed by atoms with E-state index in [2.05, 4.69) is 84.1 Å². The monoisotopic (exact) mass is 482 g/mol. The Bertz CT molecular complexity index is 1350. The van der Waals surface area contributed by atoms with Crippen LogP contribution in [0.1, 0.15) is 47.2 Å². The van der Waals surface area contributed by atoms with E-state index in [1.165, 1.54) is 28.2 Å². The van der Waals surface area contributed by atoms with Gasteiger partial charge in [-0.3, -0.25) is 4.98 Å².